The third-order valence-electron chi connectivity index (χ3n) is 4.88. The van der Waals surface area contributed by atoms with Crippen molar-refractivity contribution in [3.63, 3.8) is 0 Å². The van der Waals surface area contributed by atoms with Gasteiger partial charge in [0.05, 0.1) is 0 Å². The van der Waals surface area contributed by atoms with Gasteiger partial charge in [-0.25, -0.2) is 0 Å². The molecule has 2 aromatic rings. The molecule has 2 atom stereocenters. The summed E-state index contributed by atoms with van der Waals surface area (Å²) in [6, 6.07) is 21.7. The zero-order chi connectivity index (χ0) is 21.3. The molecule has 0 radical (unpaired) electrons. The first-order valence-electron chi connectivity index (χ1n) is 10.4. The normalized spacial score (nSPS) is 14.1. The van der Waals surface area contributed by atoms with E-state index in [2.05, 4.69) is 60.7 Å². The van der Waals surface area contributed by atoms with Crippen molar-refractivity contribution in [1.82, 2.24) is 0 Å². The van der Waals surface area contributed by atoms with Crippen LogP contribution in [0, 0.1) is 0 Å². The van der Waals surface area contributed by atoms with Crippen LogP contribution < -0.4 is 0 Å². The van der Waals surface area contributed by atoms with Crippen LogP contribution in [0.3, 0.4) is 0 Å². The summed E-state index contributed by atoms with van der Waals surface area (Å²) in [7, 11) is 10.7. The Kier molecular flexibility index (Phi) is 15.6. The fourth-order valence-electron chi connectivity index (χ4n) is 3.39. The van der Waals surface area contributed by atoms with E-state index in [1.807, 2.05) is 55.5 Å². The Morgan fingerprint density at radius 1 is 0.667 bits per heavy atom. The first-order valence-corrected chi connectivity index (χ1v) is 18.4. The smallest absolute Gasteiger partial charge is 0.164 e. The monoisotopic (exact) mass is 514 g/mol. The van der Waals surface area contributed by atoms with Gasteiger partial charge in [-0.1, -0.05) is 82.3 Å². The summed E-state index contributed by atoms with van der Waals surface area (Å²) in [4.78, 5) is 0. The summed E-state index contributed by atoms with van der Waals surface area (Å²) in [5.41, 5.74) is 4.36. The van der Waals surface area contributed by atoms with Gasteiger partial charge >= 0.3 is 0 Å². The van der Waals surface area contributed by atoms with E-state index in [0.29, 0.717) is 0 Å². The van der Waals surface area contributed by atoms with Gasteiger partial charge in [0.2, 0.25) is 0 Å². The van der Waals surface area contributed by atoms with Gasteiger partial charge in [0, 0.05) is 25.7 Å². The average molecular weight is 515 g/mol. The highest BCUT2D eigenvalue weighted by Crippen LogP contribution is 2.44. The van der Waals surface area contributed by atoms with Crippen molar-refractivity contribution in [2.24, 2.45) is 0 Å². The van der Waals surface area contributed by atoms with Crippen molar-refractivity contribution >= 4 is 60.8 Å². The van der Waals surface area contributed by atoms with E-state index in [4.69, 9.17) is 8.85 Å². The second-order valence-electron chi connectivity index (χ2n) is 7.38. The van der Waals surface area contributed by atoms with Gasteiger partial charge in [0.15, 0.2) is 19.5 Å². The summed E-state index contributed by atoms with van der Waals surface area (Å²) < 4.78 is 11.2. The molecule has 0 amide bonds. The zero-order valence-corrected chi connectivity index (χ0v) is 24.1. The average Bonchev–Trinajstić information content (AvgIpc) is 2.77. The maximum Gasteiger partial charge on any atom is 0.164 e. The molecule has 0 N–H and O–H groups in total. The lowest BCUT2D eigenvalue weighted by Gasteiger charge is -2.15. The lowest BCUT2D eigenvalue weighted by Crippen LogP contribution is -2.10. The van der Waals surface area contributed by atoms with Gasteiger partial charge in [-0.05, 0) is 67.5 Å². The van der Waals surface area contributed by atoms with Gasteiger partial charge in [-0.3, -0.25) is 0 Å². The third-order valence-corrected chi connectivity index (χ3v) is 14.4. The Morgan fingerprint density at radius 3 is 1.43 bits per heavy atom. The molecule has 2 nitrogen and oxygen atoms in total. The van der Waals surface area contributed by atoms with E-state index in [1.54, 1.807) is 0 Å². The Labute approximate surface area is 202 Å². The molecule has 0 aliphatic carbocycles. The third kappa shape index (κ3) is 12.3. The van der Waals surface area contributed by atoms with Crippen LogP contribution in [0.15, 0.2) is 60.7 Å². The first kappa shape index (κ1) is 26.4. The molecule has 0 fully saturated rings. The van der Waals surface area contributed by atoms with Crippen LogP contribution in [0.25, 0.3) is 0 Å². The van der Waals surface area contributed by atoms with Gasteiger partial charge in [-0.2, -0.15) is 0 Å². The van der Waals surface area contributed by atoms with Crippen LogP contribution in [-0.4, -0.2) is 45.3 Å². The second kappa shape index (κ2) is 17.7. The largest absolute Gasteiger partial charge is 0.427 e. The van der Waals surface area contributed by atoms with Crippen LogP contribution in [0.2, 0.25) is 11.1 Å². The fraction of sp³-hybridized carbons (Fsp3) is 0.455. The first-order chi connectivity index (χ1) is 14.8. The predicted molar refractivity (Wildman–Crippen MR) is 148 cm³/mol. The van der Waals surface area contributed by atoms with Crippen molar-refractivity contribution in [2.45, 2.75) is 36.8 Å². The van der Waals surface area contributed by atoms with Crippen LogP contribution in [-0.2, 0) is 21.7 Å². The van der Waals surface area contributed by atoms with E-state index >= 15 is 0 Å². The Balaban J connectivity index is 1.54. The van der Waals surface area contributed by atoms with Gasteiger partial charge in [0.25, 0.3) is 0 Å². The molecule has 30 heavy (non-hydrogen) atoms. The SMILES string of the molecule is CO[SiH2]C(CCSSSSCCC(Cc1ccccc1)[SiH2]OC)Cc1ccccc1. The lowest BCUT2D eigenvalue weighted by atomic mass is 10.1. The van der Waals surface area contributed by atoms with E-state index in [9.17, 15) is 0 Å². The second-order valence-corrected chi connectivity index (χ2v) is 17.8. The molecule has 166 valence electrons. The quantitative estimate of drug-likeness (QED) is 0.146. The summed E-state index contributed by atoms with van der Waals surface area (Å²) in [5, 5.41) is 0. The highest BCUT2D eigenvalue weighted by Gasteiger charge is 2.12. The maximum atomic E-state index is 5.58. The van der Waals surface area contributed by atoms with Gasteiger partial charge in [0.1, 0.15) is 0 Å². The molecule has 0 saturated carbocycles. The molecule has 0 aliphatic rings. The Hall–Kier alpha value is 0.194. The minimum Gasteiger partial charge on any atom is -0.427 e. The molecule has 0 saturated heterocycles. The van der Waals surface area contributed by atoms with E-state index in [-0.39, 0.29) is 0 Å². The van der Waals surface area contributed by atoms with E-state index in [0.717, 1.165) is 11.1 Å². The molecule has 0 spiro atoms. The molecule has 2 rings (SSSR count). The van der Waals surface area contributed by atoms with Crippen molar-refractivity contribution in [1.29, 1.82) is 0 Å². The summed E-state index contributed by atoms with van der Waals surface area (Å²) in [5.74, 6) is 2.42. The van der Waals surface area contributed by atoms with Crippen molar-refractivity contribution in [3.8, 4) is 0 Å². The molecular formula is C22H34O2S4Si2. The van der Waals surface area contributed by atoms with Gasteiger partial charge < -0.3 is 8.85 Å². The Morgan fingerprint density at radius 2 is 1.07 bits per heavy atom. The maximum absolute atomic E-state index is 5.58. The predicted octanol–water partition coefficient (Wildman–Crippen LogP) is 5.97. The molecule has 0 bridgehead atoms. The summed E-state index contributed by atoms with van der Waals surface area (Å²) in [6.07, 6.45) is 4.85. The summed E-state index contributed by atoms with van der Waals surface area (Å²) in [6.45, 7) is 0. The topological polar surface area (TPSA) is 18.5 Å². The number of hydrogen-bond acceptors (Lipinski definition) is 6. The highest BCUT2D eigenvalue weighted by atomic mass is 33.7. The van der Waals surface area contributed by atoms with Crippen LogP contribution in [0.5, 0.6) is 0 Å². The van der Waals surface area contributed by atoms with E-state index in [1.165, 1.54) is 48.3 Å². The Bertz CT molecular complexity index is 595. The van der Waals surface area contributed by atoms with Gasteiger partial charge in [-0.15, -0.1) is 0 Å². The minimum atomic E-state index is -0.438. The molecule has 8 heteroatoms. The van der Waals surface area contributed by atoms with Crippen molar-refractivity contribution in [3.05, 3.63) is 71.8 Å². The number of rotatable bonds is 17. The molecule has 0 heterocycles. The van der Waals surface area contributed by atoms with Crippen molar-refractivity contribution < 1.29 is 8.85 Å². The van der Waals surface area contributed by atoms with Crippen molar-refractivity contribution in [2.75, 3.05) is 25.7 Å². The van der Waals surface area contributed by atoms with Crippen LogP contribution in [0.1, 0.15) is 24.0 Å². The van der Waals surface area contributed by atoms with E-state index < -0.39 is 19.5 Å². The molecule has 2 unspecified atom stereocenters. The fourth-order valence-corrected chi connectivity index (χ4v) is 12.9. The van der Waals surface area contributed by atoms with Crippen LogP contribution >= 0.6 is 41.2 Å². The zero-order valence-electron chi connectivity index (χ0n) is 18.0. The summed E-state index contributed by atoms with van der Waals surface area (Å²) >= 11 is 0. The molecule has 2 aromatic carbocycles. The van der Waals surface area contributed by atoms with Crippen LogP contribution in [0.4, 0.5) is 0 Å². The minimum absolute atomic E-state index is 0.438. The molecular weight excluding hydrogens is 481 g/mol. The number of benzene rings is 2. The highest BCUT2D eigenvalue weighted by molar-refractivity contribution is 9.26. The molecule has 0 aliphatic heterocycles. The lowest BCUT2D eigenvalue weighted by molar-refractivity contribution is 0.427. The molecule has 0 aromatic heterocycles. The standard InChI is InChI=1S/C22H34O2S4Si2/c1-23-29-21(17-19-9-5-3-6-10-19)13-15-25-27-28-26-16-14-22(30-24-2)18-20-11-7-4-8-12-20/h3-12,21-22H,13-18,29-30H2,1-2H3. The number of hydrogen-bond donors (Lipinski definition) is 0.